The highest BCUT2D eigenvalue weighted by molar-refractivity contribution is 7.85. The maximum Gasteiger partial charge on any atom is 0.416 e. The SMILES string of the molecule is O=S(=O)(O)c1ccc2c(c1)CCC2c1ccc(C(F)(F)F)cc1CCF. The highest BCUT2D eigenvalue weighted by atomic mass is 32.2. The molecule has 0 saturated carbocycles. The van der Waals surface area contributed by atoms with E-state index in [1.165, 1.54) is 18.2 Å². The van der Waals surface area contributed by atoms with Crippen molar-refractivity contribution in [2.24, 2.45) is 0 Å². The van der Waals surface area contributed by atoms with Crippen molar-refractivity contribution < 1.29 is 30.5 Å². The number of hydrogen-bond acceptors (Lipinski definition) is 2. The number of benzene rings is 2. The summed E-state index contributed by atoms with van der Waals surface area (Å²) in [4.78, 5) is -0.215. The van der Waals surface area contributed by atoms with Gasteiger partial charge in [0.25, 0.3) is 10.1 Å². The summed E-state index contributed by atoms with van der Waals surface area (Å²) < 4.78 is 83.4. The predicted octanol–water partition coefficient (Wildman–Crippen LogP) is 4.54. The zero-order valence-corrected chi connectivity index (χ0v) is 14.4. The van der Waals surface area contributed by atoms with Gasteiger partial charge in [-0.3, -0.25) is 8.94 Å². The molecule has 0 aliphatic heterocycles. The van der Waals surface area contributed by atoms with Gasteiger partial charge in [-0.05, 0) is 59.4 Å². The van der Waals surface area contributed by atoms with E-state index in [4.69, 9.17) is 4.55 Å². The molecular formula is C18H16F4O3S. The molecule has 0 fully saturated rings. The van der Waals surface area contributed by atoms with Gasteiger partial charge in [0.1, 0.15) is 0 Å². The number of aryl methyl sites for hydroxylation is 2. The molecule has 1 atom stereocenters. The monoisotopic (exact) mass is 388 g/mol. The van der Waals surface area contributed by atoms with Gasteiger partial charge in [0.2, 0.25) is 0 Å². The number of alkyl halides is 4. The Morgan fingerprint density at radius 1 is 1.08 bits per heavy atom. The van der Waals surface area contributed by atoms with Gasteiger partial charge in [0.05, 0.1) is 17.1 Å². The minimum atomic E-state index is -4.50. The van der Waals surface area contributed by atoms with Gasteiger partial charge in [-0.15, -0.1) is 0 Å². The van der Waals surface area contributed by atoms with Gasteiger partial charge in [-0.1, -0.05) is 12.1 Å². The van der Waals surface area contributed by atoms with Crippen molar-refractivity contribution in [2.75, 3.05) is 6.67 Å². The Bertz CT molecular complexity index is 936. The van der Waals surface area contributed by atoms with E-state index in [-0.39, 0.29) is 17.2 Å². The minimum absolute atomic E-state index is 0.117. The first kappa shape index (κ1) is 18.8. The zero-order valence-electron chi connectivity index (χ0n) is 13.6. The summed E-state index contributed by atoms with van der Waals surface area (Å²) in [7, 11) is -4.32. The summed E-state index contributed by atoms with van der Waals surface area (Å²) in [6.07, 6.45) is -3.51. The topological polar surface area (TPSA) is 54.4 Å². The summed E-state index contributed by atoms with van der Waals surface area (Å²) in [5.74, 6) is -0.232. The minimum Gasteiger partial charge on any atom is -0.282 e. The number of halogens is 4. The second kappa shape index (κ2) is 6.66. The highest BCUT2D eigenvalue weighted by Crippen LogP contribution is 2.41. The van der Waals surface area contributed by atoms with E-state index in [1.54, 1.807) is 6.07 Å². The van der Waals surface area contributed by atoms with E-state index in [9.17, 15) is 26.0 Å². The Hall–Kier alpha value is -1.93. The van der Waals surface area contributed by atoms with E-state index < -0.39 is 28.5 Å². The van der Waals surface area contributed by atoms with Gasteiger partial charge in [-0.25, -0.2) is 0 Å². The van der Waals surface area contributed by atoms with E-state index in [2.05, 4.69) is 0 Å². The summed E-state index contributed by atoms with van der Waals surface area (Å²) in [6.45, 7) is -0.768. The second-order valence-corrected chi connectivity index (χ2v) is 7.70. The lowest BCUT2D eigenvalue weighted by Gasteiger charge is -2.19. The van der Waals surface area contributed by atoms with Crippen LogP contribution in [0.15, 0.2) is 41.3 Å². The van der Waals surface area contributed by atoms with E-state index in [0.717, 1.165) is 23.3 Å². The molecular weight excluding hydrogens is 372 g/mol. The Morgan fingerprint density at radius 2 is 1.77 bits per heavy atom. The summed E-state index contributed by atoms with van der Waals surface area (Å²) in [5.41, 5.74) is 1.62. The van der Waals surface area contributed by atoms with Crippen LogP contribution >= 0.6 is 0 Å². The van der Waals surface area contributed by atoms with Crippen LogP contribution in [0.3, 0.4) is 0 Å². The van der Waals surface area contributed by atoms with Crippen LogP contribution < -0.4 is 0 Å². The van der Waals surface area contributed by atoms with Crippen molar-refractivity contribution >= 4 is 10.1 Å². The molecule has 0 bridgehead atoms. The lowest BCUT2D eigenvalue weighted by Crippen LogP contribution is -2.09. The molecule has 26 heavy (non-hydrogen) atoms. The molecule has 3 nitrogen and oxygen atoms in total. The molecule has 0 aromatic heterocycles. The van der Waals surface area contributed by atoms with Crippen LogP contribution in [0.1, 0.15) is 40.2 Å². The Morgan fingerprint density at radius 3 is 2.38 bits per heavy atom. The number of hydrogen-bond donors (Lipinski definition) is 1. The lowest BCUT2D eigenvalue weighted by molar-refractivity contribution is -0.137. The van der Waals surface area contributed by atoms with Crippen molar-refractivity contribution in [3.63, 3.8) is 0 Å². The molecule has 140 valence electrons. The van der Waals surface area contributed by atoms with E-state index in [0.29, 0.717) is 24.0 Å². The third-order valence-corrected chi connectivity index (χ3v) is 5.55. The molecule has 1 N–H and O–H groups in total. The summed E-state index contributed by atoms with van der Waals surface area (Å²) in [6, 6.07) is 7.56. The first-order chi connectivity index (χ1) is 12.1. The van der Waals surface area contributed by atoms with Crippen molar-refractivity contribution in [1.29, 1.82) is 0 Å². The van der Waals surface area contributed by atoms with Crippen LogP contribution in [-0.4, -0.2) is 19.6 Å². The Labute approximate surface area is 148 Å². The van der Waals surface area contributed by atoms with E-state index in [1.807, 2.05) is 0 Å². The molecule has 0 saturated heterocycles. The second-order valence-electron chi connectivity index (χ2n) is 6.28. The Balaban J connectivity index is 2.04. The molecule has 3 rings (SSSR count). The molecule has 0 radical (unpaired) electrons. The van der Waals surface area contributed by atoms with Crippen molar-refractivity contribution in [3.8, 4) is 0 Å². The molecule has 2 aromatic carbocycles. The molecule has 8 heteroatoms. The van der Waals surface area contributed by atoms with Gasteiger partial charge >= 0.3 is 6.18 Å². The Kier molecular flexibility index (Phi) is 4.83. The summed E-state index contributed by atoms with van der Waals surface area (Å²) >= 11 is 0. The third kappa shape index (κ3) is 3.61. The zero-order chi connectivity index (χ0) is 19.1. The highest BCUT2D eigenvalue weighted by Gasteiger charge is 2.33. The fourth-order valence-corrected chi connectivity index (χ4v) is 4.05. The normalized spacial score (nSPS) is 17.3. The number of fused-ring (bicyclic) bond motifs is 1. The first-order valence-electron chi connectivity index (χ1n) is 7.97. The quantitative estimate of drug-likeness (QED) is 0.618. The molecule has 1 aliphatic rings. The maximum atomic E-state index is 12.9. The fourth-order valence-electron chi connectivity index (χ4n) is 3.52. The van der Waals surface area contributed by atoms with Gasteiger partial charge in [-0.2, -0.15) is 21.6 Å². The van der Waals surface area contributed by atoms with E-state index >= 15 is 0 Å². The smallest absolute Gasteiger partial charge is 0.282 e. The molecule has 0 amide bonds. The van der Waals surface area contributed by atoms with Crippen LogP contribution in [0.25, 0.3) is 0 Å². The van der Waals surface area contributed by atoms with Crippen molar-refractivity contribution in [3.05, 3.63) is 64.2 Å². The van der Waals surface area contributed by atoms with Crippen LogP contribution in [0.4, 0.5) is 17.6 Å². The van der Waals surface area contributed by atoms with Crippen LogP contribution in [0, 0.1) is 0 Å². The largest absolute Gasteiger partial charge is 0.416 e. The third-order valence-electron chi connectivity index (χ3n) is 4.70. The molecule has 2 aromatic rings. The molecule has 0 spiro atoms. The van der Waals surface area contributed by atoms with Crippen molar-refractivity contribution in [1.82, 2.24) is 0 Å². The van der Waals surface area contributed by atoms with Gasteiger partial charge in [0, 0.05) is 12.3 Å². The van der Waals surface area contributed by atoms with Gasteiger partial charge < -0.3 is 0 Å². The summed E-state index contributed by atoms with van der Waals surface area (Å²) in [5, 5.41) is 0. The maximum absolute atomic E-state index is 12.9. The van der Waals surface area contributed by atoms with Crippen molar-refractivity contribution in [2.45, 2.75) is 36.3 Å². The van der Waals surface area contributed by atoms with Gasteiger partial charge in [0.15, 0.2) is 0 Å². The standard InChI is InChI=1S/C18H16F4O3S/c19-8-7-12-9-13(18(20,21)22)2-5-15(12)17-4-1-11-10-14(26(23,24)25)3-6-16(11)17/h2-3,5-6,9-10,17H,1,4,7-8H2,(H,23,24,25). The first-order valence-corrected chi connectivity index (χ1v) is 9.41. The van der Waals surface area contributed by atoms with Crippen LogP contribution in [-0.2, 0) is 29.1 Å². The molecule has 1 aliphatic carbocycles. The average Bonchev–Trinajstić information content (AvgIpc) is 2.96. The average molecular weight is 388 g/mol. The molecule has 1 unspecified atom stereocenters. The lowest BCUT2D eigenvalue weighted by atomic mass is 9.87. The van der Waals surface area contributed by atoms with Crippen LogP contribution in [0.2, 0.25) is 0 Å². The van der Waals surface area contributed by atoms with Crippen LogP contribution in [0.5, 0.6) is 0 Å². The predicted molar refractivity (Wildman–Crippen MR) is 87.5 cm³/mol. The fraction of sp³-hybridized carbons (Fsp3) is 0.333. The molecule has 0 heterocycles. The number of rotatable bonds is 4.